The van der Waals surface area contributed by atoms with E-state index in [0.717, 1.165) is 12.0 Å². The lowest BCUT2D eigenvalue weighted by atomic mass is 10.1. The number of carbonyl (C=O) groups is 2. The SMILES string of the molecule is CCCC(=O)Nc1ccccc1NC(=O)c1ccc(C)cc1Cl. The van der Waals surface area contributed by atoms with Crippen molar-refractivity contribution in [3.63, 3.8) is 0 Å². The van der Waals surface area contributed by atoms with Crippen molar-refractivity contribution in [2.75, 3.05) is 10.6 Å². The van der Waals surface area contributed by atoms with Gasteiger partial charge in [0.05, 0.1) is 22.0 Å². The van der Waals surface area contributed by atoms with Crippen molar-refractivity contribution in [2.45, 2.75) is 26.7 Å². The average Bonchev–Trinajstić information content (AvgIpc) is 2.49. The van der Waals surface area contributed by atoms with Crippen LogP contribution in [-0.2, 0) is 4.79 Å². The third kappa shape index (κ3) is 4.57. The Hall–Kier alpha value is -2.33. The molecule has 0 unspecified atom stereocenters. The molecule has 2 aromatic rings. The number of amides is 2. The van der Waals surface area contributed by atoms with E-state index in [-0.39, 0.29) is 11.8 Å². The average molecular weight is 331 g/mol. The fourth-order valence-corrected chi connectivity index (χ4v) is 2.46. The Balaban J connectivity index is 2.19. The minimum atomic E-state index is -0.313. The van der Waals surface area contributed by atoms with Crippen molar-refractivity contribution in [1.29, 1.82) is 0 Å². The second-order valence-corrected chi connectivity index (χ2v) is 5.69. The summed E-state index contributed by atoms with van der Waals surface area (Å²) in [6, 6.07) is 12.3. The predicted octanol–water partition coefficient (Wildman–Crippen LogP) is 4.64. The minimum Gasteiger partial charge on any atom is -0.324 e. The Morgan fingerprint density at radius 3 is 2.30 bits per heavy atom. The van der Waals surface area contributed by atoms with Crippen molar-refractivity contribution in [3.8, 4) is 0 Å². The van der Waals surface area contributed by atoms with Gasteiger partial charge in [0, 0.05) is 6.42 Å². The van der Waals surface area contributed by atoms with E-state index in [4.69, 9.17) is 11.6 Å². The summed E-state index contributed by atoms with van der Waals surface area (Å²) in [5.41, 5.74) is 2.49. The quantitative estimate of drug-likeness (QED) is 0.839. The second-order valence-electron chi connectivity index (χ2n) is 5.28. The molecule has 2 rings (SSSR count). The highest BCUT2D eigenvalue weighted by molar-refractivity contribution is 6.34. The molecule has 120 valence electrons. The van der Waals surface area contributed by atoms with Crippen LogP contribution in [0.3, 0.4) is 0 Å². The smallest absolute Gasteiger partial charge is 0.257 e. The first kappa shape index (κ1) is 17.0. The van der Waals surface area contributed by atoms with Crippen LogP contribution in [0, 0.1) is 6.92 Å². The number of aryl methyl sites for hydroxylation is 1. The van der Waals surface area contributed by atoms with Gasteiger partial charge >= 0.3 is 0 Å². The fourth-order valence-electron chi connectivity index (χ4n) is 2.13. The minimum absolute atomic E-state index is 0.0810. The Kier molecular flexibility index (Phi) is 5.77. The Labute approximate surface area is 140 Å². The number of anilines is 2. The van der Waals surface area contributed by atoms with Gasteiger partial charge in [-0.2, -0.15) is 0 Å². The van der Waals surface area contributed by atoms with Crippen molar-refractivity contribution in [2.24, 2.45) is 0 Å². The van der Waals surface area contributed by atoms with Gasteiger partial charge in [-0.1, -0.05) is 36.7 Å². The molecule has 0 aliphatic carbocycles. The van der Waals surface area contributed by atoms with Crippen LogP contribution < -0.4 is 10.6 Å². The van der Waals surface area contributed by atoms with Gasteiger partial charge in [-0.3, -0.25) is 9.59 Å². The van der Waals surface area contributed by atoms with Crippen LogP contribution in [0.2, 0.25) is 5.02 Å². The molecular weight excluding hydrogens is 312 g/mol. The third-order valence-electron chi connectivity index (χ3n) is 3.30. The highest BCUT2D eigenvalue weighted by atomic mass is 35.5. The van der Waals surface area contributed by atoms with E-state index in [1.165, 1.54) is 0 Å². The Morgan fingerprint density at radius 2 is 1.70 bits per heavy atom. The molecule has 0 heterocycles. The molecular formula is C18H19ClN2O2. The molecule has 0 fully saturated rings. The molecule has 5 heteroatoms. The van der Waals surface area contributed by atoms with Crippen molar-refractivity contribution in [3.05, 3.63) is 58.6 Å². The van der Waals surface area contributed by atoms with Gasteiger partial charge in [0.25, 0.3) is 5.91 Å². The van der Waals surface area contributed by atoms with Gasteiger partial charge in [-0.05, 0) is 43.2 Å². The maximum absolute atomic E-state index is 12.4. The number of nitrogens with one attached hydrogen (secondary N) is 2. The molecule has 2 aromatic carbocycles. The van der Waals surface area contributed by atoms with Gasteiger partial charge in [0.1, 0.15) is 0 Å². The summed E-state index contributed by atoms with van der Waals surface area (Å²) >= 11 is 6.13. The fraction of sp³-hybridized carbons (Fsp3) is 0.222. The lowest BCUT2D eigenvalue weighted by Gasteiger charge is -2.13. The topological polar surface area (TPSA) is 58.2 Å². The monoisotopic (exact) mass is 330 g/mol. The van der Waals surface area contributed by atoms with E-state index >= 15 is 0 Å². The van der Waals surface area contributed by atoms with Crippen molar-refractivity contribution >= 4 is 34.8 Å². The number of benzene rings is 2. The van der Waals surface area contributed by atoms with Crippen LogP contribution >= 0.6 is 11.6 Å². The van der Waals surface area contributed by atoms with Crippen LogP contribution in [0.1, 0.15) is 35.7 Å². The maximum Gasteiger partial charge on any atom is 0.257 e. The first-order valence-electron chi connectivity index (χ1n) is 7.47. The summed E-state index contributed by atoms with van der Waals surface area (Å²) in [6.45, 7) is 3.85. The summed E-state index contributed by atoms with van der Waals surface area (Å²) in [7, 11) is 0. The van der Waals surface area contributed by atoms with Crippen molar-refractivity contribution < 1.29 is 9.59 Å². The number of halogens is 1. The van der Waals surface area contributed by atoms with Crippen LogP contribution in [0.25, 0.3) is 0 Å². The van der Waals surface area contributed by atoms with Gasteiger partial charge in [0.15, 0.2) is 0 Å². The molecule has 0 aliphatic rings. The summed E-state index contributed by atoms with van der Waals surface area (Å²) in [4.78, 5) is 24.2. The number of hydrogen-bond acceptors (Lipinski definition) is 2. The summed E-state index contributed by atoms with van der Waals surface area (Å²) < 4.78 is 0. The molecule has 0 atom stereocenters. The zero-order valence-electron chi connectivity index (χ0n) is 13.2. The zero-order chi connectivity index (χ0) is 16.8. The van der Waals surface area contributed by atoms with Gasteiger partial charge < -0.3 is 10.6 Å². The molecule has 0 bridgehead atoms. The summed E-state index contributed by atoms with van der Waals surface area (Å²) in [6.07, 6.45) is 1.20. The van der Waals surface area contributed by atoms with Crippen LogP contribution in [0.5, 0.6) is 0 Å². The molecule has 23 heavy (non-hydrogen) atoms. The highest BCUT2D eigenvalue weighted by Crippen LogP contribution is 2.24. The molecule has 0 radical (unpaired) electrons. The normalized spacial score (nSPS) is 10.2. The van der Waals surface area contributed by atoms with Crippen LogP contribution in [-0.4, -0.2) is 11.8 Å². The lowest BCUT2D eigenvalue weighted by Crippen LogP contribution is -2.16. The van der Waals surface area contributed by atoms with E-state index in [9.17, 15) is 9.59 Å². The first-order valence-corrected chi connectivity index (χ1v) is 7.85. The van der Waals surface area contributed by atoms with E-state index < -0.39 is 0 Å². The molecule has 0 saturated heterocycles. The van der Waals surface area contributed by atoms with Gasteiger partial charge in [0.2, 0.25) is 5.91 Å². The number of hydrogen-bond donors (Lipinski definition) is 2. The summed E-state index contributed by atoms with van der Waals surface area (Å²) in [5, 5.41) is 6.00. The van der Waals surface area contributed by atoms with Crippen LogP contribution in [0.4, 0.5) is 11.4 Å². The summed E-state index contributed by atoms with van der Waals surface area (Å²) in [5.74, 6) is -0.394. The second kappa shape index (κ2) is 7.79. The molecule has 0 saturated carbocycles. The highest BCUT2D eigenvalue weighted by Gasteiger charge is 2.13. The molecule has 2 N–H and O–H groups in total. The number of carbonyl (C=O) groups excluding carboxylic acids is 2. The maximum atomic E-state index is 12.4. The lowest BCUT2D eigenvalue weighted by molar-refractivity contribution is -0.116. The predicted molar refractivity (Wildman–Crippen MR) is 94.1 cm³/mol. The number of para-hydroxylation sites is 2. The first-order chi connectivity index (χ1) is 11.0. The van der Waals surface area contributed by atoms with E-state index in [1.54, 1.807) is 36.4 Å². The van der Waals surface area contributed by atoms with Crippen LogP contribution in [0.15, 0.2) is 42.5 Å². The molecule has 0 aromatic heterocycles. The largest absolute Gasteiger partial charge is 0.324 e. The third-order valence-corrected chi connectivity index (χ3v) is 3.61. The van der Waals surface area contributed by atoms with Crippen molar-refractivity contribution in [1.82, 2.24) is 0 Å². The van der Waals surface area contributed by atoms with E-state index in [1.807, 2.05) is 19.9 Å². The Morgan fingerprint density at radius 1 is 1.04 bits per heavy atom. The Bertz CT molecular complexity index is 729. The number of rotatable bonds is 5. The molecule has 2 amide bonds. The molecule has 0 aliphatic heterocycles. The zero-order valence-corrected chi connectivity index (χ0v) is 13.9. The van der Waals surface area contributed by atoms with E-state index in [2.05, 4.69) is 10.6 Å². The standard InChI is InChI=1S/C18H19ClN2O2/c1-3-6-17(22)20-15-7-4-5-8-16(15)21-18(23)13-10-9-12(2)11-14(13)19/h4-5,7-11H,3,6H2,1-2H3,(H,20,22)(H,21,23). The van der Waals surface area contributed by atoms with Gasteiger partial charge in [-0.25, -0.2) is 0 Å². The van der Waals surface area contributed by atoms with Gasteiger partial charge in [-0.15, -0.1) is 0 Å². The molecule has 0 spiro atoms. The van der Waals surface area contributed by atoms with E-state index in [0.29, 0.717) is 28.4 Å². The molecule has 4 nitrogen and oxygen atoms in total.